The average molecular weight is 284 g/mol. The second-order valence-corrected chi connectivity index (χ2v) is 5.36. The zero-order valence-electron chi connectivity index (χ0n) is 12.0. The van der Waals surface area contributed by atoms with Crippen molar-refractivity contribution in [3.8, 4) is 0 Å². The molecule has 0 aromatic heterocycles. The van der Waals surface area contributed by atoms with Gasteiger partial charge in [-0.15, -0.1) is 0 Å². The highest BCUT2D eigenvalue weighted by Gasteiger charge is 2.01. The summed E-state index contributed by atoms with van der Waals surface area (Å²) in [6.07, 6.45) is 7.73. The fourth-order valence-electron chi connectivity index (χ4n) is 2.00. The van der Waals surface area contributed by atoms with Gasteiger partial charge in [0.2, 0.25) is 0 Å². The molecule has 1 aromatic carbocycles. The quantitative estimate of drug-likeness (QED) is 0.633. The van der Waals surface area contributed by atoms with E-state index >= 15 is 0 Å². The molecule has 1 rings (SSSR count). The van der Waals surface area contributed by atoms with Gasteiger partial charge in [0.25, 0.3) is 0 Å². The van der Waals surface area contributed by atoms with E-state index in [1.165, 1.54) is 32.1 Å². The van der Waals surface area contributed by atoms with Crippen LogP contribution in [0.15, 0.2) is 18.2 Å². The number of nitrogens with two attached hydrogens (primary N) is 1. The van der Waals surface area contributed by atoms with Crippen LogP contribution in [0.5, 0.6) is 0 Å². The highest BCUT2D eigenvalue weighted by molar-refractivity contribution is 6.31. The van der Waals surface area contributed by atoms with Crippen molar-refractivity contribution in [2.45, 2.75) is 58.6 Å². The van der Waals surface area contributed by atoms with E-state index in [0.717, 1.165) is 29.2 Å². The summed E-state index contributed by atoms with van der Waals surface area (Å²) in [5, 5.41) is 0.755. The Bertz CT molecular complexity index is 355. The first-order valence-electron chi connectivity index (χ1n) is 7.33. The minimum atomic E-state index is 0.526. The van der Waals surface area contributed by atoms with E-state index in [0.29, 0.717) is 13.2 Å². The molecule has 0 amide bonds. The minimum absolute atomic E-state index is 0.526. The van der Waals surface area contributed by atoms with Gasteiger partial charge in [0, 0.05) is 18.2 Å². The topological polar surface area (TPSA) is 35.2 Å². The largest absolute Gasteiger partial charge is 0.377 e. The van der Waals surface area contributed by atoms with Crippen LogP contribution in [0.3, 0.4) is 0 Å². The molecule has 2 N–H and O–H groups in total. The minimum Gasteiger partial charge on any atom is -0.377 e. The van der Waals surface area contributed by atoms with Crippen LogP contribution in [0.4, 0.5) is 0 Å². The van der Waals surface area contributed by atoms with E-state index in [1.807, 2.05) is 18.2 Å². The monoisotopic (exact) mass is 283 g/mol. The predicted octanol–water partition coefficient (Wildman–Crippen LogP) is 4.68. The first-order valence-corrected chi connectivity index (χ1v) is 7.70. The Balaban J connectivity index is 2.12. The molecule has 0 aliphatic carbocycles. The number of halogens is 1. The fourth-order valence-corrected chi connectivity index (χ4v) is 2.26. The van der Waals surface area contributed by atoms with E-state index in [4.69, 9.17) is 22.1 Å². The molecule has 2 nitrogen and oxygen atoms in total. The van der Waals surface area contributed by atoms with Crippen LogP contribution in [0.2, 0.25) is 5.02 Å². The molecule has 3 heteroatoms. The summed E-state index contributed by atoms with van der Waals surface area (Å²) in [7, 11) is 0. The number of hydrogen-bond acceptors (Lipinski definition) is 2. The number of rotatable bonds is 10. The van der Waals surface area contributed by atoms with Crippen molar-refractivity contribution in [1.29, 1.82) is 0 Å². The summed E-state index contributed by atoms with van der Waals surface area (Å²) in [6.45, 7) is 4.18. The SMILES string of the molecule is CCCCCCCCOCc1ccc(CN)cc1Cl. The summed E-state index contributed by atoms with van der Waals surface area (Å²) in [5.41, 5.74) is 7.67. The number of benzene rings is 1. The van der Waals surface area contributed by atoms with Crippen molar-refractivity contribution in [2.75, 3.05) is 6.61 Å². The number of unbranched alkanes of at least 4 members (excludes halogenated alkanes) is 5. The molecular formula is C16H26ClNO. The lowest BCUT2D eigenvalue weighted by molar-refractivity contribution is 0.117. The Morgan fingerprint density at radius 1 is 1.11 bits per heavy atom. The van der Waals surface area contributed by atoms with Crippen molar-refractivity contribution in [1.82, 2.24) is 0 Å². The zero-order valence-corrected chi connectivity index (χ0v) is 12.7. The smallest absolute Gasteiger partial charge is 0.0731 e. The average Bonchev–Trinajstić information content (AvgIpc) is 2.43. The third-order valence-electron chi connectivity index (χ3n) is 3.25. The maximum atomic E-state index is 6.17. The molecular weight excluding hydrogens is 258 g/mol. The van der Waals surface area contributed by atoms with E-state index < -0.39 is 0 Å². The maximum Gasteiger partial charge on any atom is 0.0731 e. The molecule has 0 saturated carbocycles. The molecule has 0 atom stereocenters. The summed E-state index contributed by atoms with van der Waals surface area (Å²) in [4.78, 5) is 0. The van der Waals surface area contributed by atoms with E-state index in [9.17, 15) is 0 Å². The van der Waals surface area contributed by atoms with Gasteiger partial charge in [-0.1, -0.05) is 62.8 Å². The van der Waals surface area contributed by atoms with E-state index in [1.54, 1.807) is 0 Å². The lowest BCUT2D eigenvalue weighted by Gasteiger charge is -2.07. The van der Waals surface area contributed by atoms with Crippen LogP contribution in [0, 0.1) is 0 Å². The summed E-state index contributed by atoms with van der Waals surface area (Å²) in [6, 6.07) is 5.94. The molecule has 1 aromatic rings. The van der Waals surface area contributed by atoms with Gasteiger partial charge in [-0.3, -0.25) is 0 Å². The fraction of sp³-hybridized carbons (Fsp3) is 0.625. The third-order valence-corrected chi connectivity index (χ3v) is 3.60. The van der Waals surface area contributed by atoms with Gasteiger partial charge < -0.3 is 10.5 Å². The lowest BCUT2D eigenvalue weighted by atomic mass is 10.1. The molecule has 0 aliphatic heterocycles. The standard InChI is InChI=1S/C16H26ClNO/c1-2-3-4-5-6-7-10-19-13-15-9-8-14(12-18)11-16(15)17/h8-9,11H,2-7,10,12-13,18H2,1H3. The van der Waals surface area contributed by atoms with Gasteiger partial charge in [-0.25, -0.2) is 0 Å². The molecule has 0 bridgehead atoms. The Morgan fingerprint density at radius 2 is 1.84 bits per heavy atom. The van der Waals surface area contributed by atoms with Crippen LogP contribution in [-0.4, -0.2) is 6.61 Å². The highest BCUT2D eigenvalue weighted by atomic mass is 35.5. The zero-order chi connectivity index (χ0) is 13.9. The molecule has 0 radical (unpaired) electrons. The van der Waals surface area contributed by atoms with Crippen molar-refractivity contribution >= 4 is 11.6 Å². The first-order chi connectivity index (χ1) is 9.27. The van der Waals surface area contributed by atoms with Crippen molar-refractivity contribution in [2.24, 2.45) is 5.73 Å². The molecule has 0 unspecified atom stereocenters. The highest BCUT2D eigenvalue weighted by Crippen LogP contribution is 2.18. The first kappa shape index (κ1) is 16.5. The van der Waals surface area contributed by atoms with E-state index in [2.05, 4.69) is 6.92 Å². The van der Waals surface area contributed by atoms with Gasteiger partial charge in [0.1, 0.15) is 0 Å². The van der Waals surface area contributed by atoms with Gasteiger partial charge in [-0.2, -0.15) is 0 Å². The summed E-state index contributed by atoms with van der Waals surface area (Å²) in [5.74, 6) is 0. The van der Waals surface area contributed by atoms with Crippen LogP contribution < -0.4 is 5.73 Å². The molecule has 0 spiro atoms. The Hall–Kier alpha value is -0.570. The number of ether oxygens (including phenoxy) is 1. The summed E-state index contributed by atoms with van der Waals surface area (Å²) < 4.78 is 5.66. The Kier molecular flexibility index (Phi) is 8.89. The maximum absolute atomic E-state index is 6.17. The molecule has 19 heavy (non-hydrogen) atoms. The van der Waals surface area contributed by atoms with E-state index in [-0.39, 0.29) is 0 Å². The summed E-state index contributed by atoms with van der Waals surface area (Å²) >= 11 is 6.17. The normalized spacial score (nSPS) is 10.9. The third kappa shape index (κ3) is 6.95. The second-order valence-electron chi connectivity index (χ2n) is 4.95. The molecule has 0 saturated heterocycles. The Labute approximate surface area is 122 Å². The molecule has 0 aliphatic rings. The molecule has 108 valence electrons. The van der Waals surface area contributed by atoms with Crippen LogP contribution >= 0.6 is 11.6 Å². The van der Waals surface area contributed by atoms with Gasteiger partial charge in [0.15, 0.2) is 0 Å². The van der Waals surface area contributed by atoms with Crippen LogP contribution in [0.1, 0.15) is 56.6 Å². The second kappa shape index (κ2) is 10.2. The predicted molar refractivity (Wildman–Crippen MR) is 82.4 cm³/mol. The Morgan fingerprint density at radius 3 is 2.53 bits per heavy atom. The lowest BCUT2D eigenvalue weighted by Crippen LogP contribution is -1.99. The molecule has 0 fully saturated rings. The van der Waals surface area contributed by atoms with Crippen molar-refractivity contribution < 1.29 is 4.74 Å². The van der Waals surface area contributed by atoms with Crippen LogP contribution in [-0.2, 0) is 17.9 Å². The van der Waals surface area contributed by atoms with Crippen molar-refractivity contribution in [3.63, 3.8) is 0 Å². The van der Waals surface area contributed by atoms with Crippen LogP contribution in [0.25, 0.3) is 0 Å². The molecule has 0 heterocycles. The van der Waals surface area contributed by atoms with Gasteiger partial charge >= 0.3 is 0 Å². The van der Waals surface area contributed by atoms with Gasteiger partial charge in [0.05, 0.1) is 6.61 Å². The van der Waals surface area contributed by atoms with Gasteiger partial charge in [-0.05, 0) is 23.6 Å². The number of hydrogen-bond donors (Lipinski definition) is 1. The van der Waals surface area contributed by atoms with Crippen molar-refractivity contribution in [3.05, 3.63) is 34.3 Å².